The first kappa shape index (κ1) is 8.21. The molecule has 1 unspecified atom stereocenters. The molecule has 0 spiro atoms. The normalized spacial score (nSPS) is 23.2. The molecule has 0 aromatic heterocycles. The van der Waals surface area contributed by atoms with Crippen molar-refractivity contribution < 1.29 is 5.11 Å². The van der Waals surface area contributed by atoms with E-state index in [0.29, 0.717) is 5.92 Å². The fraction of sp³-hybridized carbons (Fsp3) is 1.00. The molecule has 1 heterocycles. The van der Waals surface area contributed by atoms with Crippen molar-refractivity contribution >= 4 is 12.4 Å². The molecule has 0 aromatic rings. The Morgan fingerprint density at radius 3 is 2.12 bits per heavy atom. The third kappa shape index (κ3) is 1.62. The minimum atomic E-state index is -0.110. The Morgan fingerprint density at radius 2 is 2.12 bits per heavy atom. The second kappa shape index (κ2) is 3.28. The fourth-order valence-electron chi connectivity index (χ4n) is 0.652. The number of hydrogen-bond donors (Lipinski definition) is 2. The summed E-state index contributed by atoms with van der Waals surface area (Å²) in [6.07, 6.45) is -0.110. The van der Waals surface area contributed by atoms with E-state index in [-0.39, 0.29) is 18.5 Å². The van der Waals surface area contributed by atoms with Crippen LogP contribution in [0.15, 0.2) is 0 Å². The molecular formula is C5H12ClNO. The van der Waals surface area contributed by atoms with Crippen molar-refractivity contribution in [3.05, 3.63) is 0 Å². The van der Waals surface area contributed by atoms with Gasteiger partial charge in [-0.1, -0.05) is 0 Å². The molecule has 1 atom stereocenters. The van der Waals surface area contributed by atoms with Crippen LogP contribution in [0.4, 0.5) is 0 Å². The summed E-state index contributed by atoms with van der Waals surface area (Å²) >= 11 is 0. The first-order valence-electron chi connectivity index (χ1n) is 2.69. The molecule has 0 aromatic carbocycles. The van der Waals surface area contributed by atoms with Gasteiger partial charge in [0.15, 0.2) is 0 Å². The summed E-state index contributed by atoms with van der Waals surface area (Å²) in [6.45, 7) is 3.83. The van der Waals surface area contributed by atoms with Crippen LogP contribution in [-0.2, 0) is 0 Å². The van der Waals surface area contributed by atoms with E-state index in [1.165, 1.54) is 0 Å². The predicted molar refractivity (Wildman–Crippen MR) is 35.3 cm³/mol. The van der Waals surface area contributed by atoms with Gasteiger partial charge in [0.1, 0.15) is 0 Å². The van der Waals surface area contributed by atoms with E-state index in [1.807, 2.05) is 6.92 Å². The zero-order valence-electron chi connectivity index (χ0n) is 4.92. The van der Waals surface area contributed by atoms with Crippen molar-refractivity contribution in [3.8, 4) is 0 Å². The van der Waals surface area contributed by atoms with Gasteiger partial charge < -0.3 is 10.4 Å². The zero-order valence-corrected chi connectivity index (χ0v) is 5.74. The Kier molecular flexibility index (Phi) is 3.36. The van der Waals surface area contributed by atoms with Gasteiger partial charge in [0.05, 0.1) is 6.10 Å². The summed E-state index contributed by atoms with van der Waals surface area (Å²) < 4.78 is 0. The lowest BCUT2D eigenvalue weighted by atomic mass is 9.98. The Hall–Kier alpha value is 0.210. The van der Waals surface area contributed by atoms with Crippen LogP contribution >= 0.6 is 12.4 Å². The van der Waals surface area contributed by atoms with Crippen molar-refractivity contribution in [2.24, 2.45) is 5.92 Å². The van der Waals surface area contributed by atoms with Gasteiger partial charge in [-0.3, -0.25) is 0 Å². The maximum absolute atomic E-state index is 8.83. The molecule has 0 amide bonds. The highest BCUT2D eigenvalue weighted by Gasteiger charge is 2.20. The van der Waals surface area contributed by atoms with Gasteiger partial charge in [-0.2, -0.15) is 0 Å². The number of aliphatic hydroxyl groups is 1. The molecule has 1 rings (SSSR count). The van der Waals surface area contributed by atoms with Crippen LogP contribution in [0.5, 0.6) is 0 Å². The number of aliphatic hydroxyl groups excluding tert-OH is 1. The largest absolute Gasteiger partial charge is 0.393 e. The van der Waals surface area contributed by atoms with Crippen LogP contribution in [-0.4, -0.2) is 24.3 Å². The number of halogens is 1. The Bertz CT molecular complexity index is 63.4. The number of rotatable bonds is 1. The van der Waals surface area contributed by atoms with Crippen molar-refractivity contribution in [3.63, 3.8) is 0 Å². The van der Waals surface area contributed by atoms with Gasteiger partial charge in [0, 0.05) is 19.0 Å². The van der Waals surface area contributed by atoms with Crippen LogP contribution in [0.25, 0.3) is 0 Å². The zero-order chi connectivity index (χ0) is 5.28. The van der Waals surface area contributed by atoms with E-state index in [0.717, 1.165) is 13.1 Å². The molecule has 1 aliphatic rings. The van der Waals surface area contributed by atoms with Crippen molar-refractivity contribution in [2.45, 2.75) is 13.0 Å². The monoisotopic (exact) mass is 137 g/mol. The average Bonchev–Trinajstić information content (AvgIpc) is 1.23. The third-order valence-electron chi connectivity index (χ3n) is 1.50. The summed E-state index contributed by atoms with van der Waals surface area (Å²) in [5, 5.41) is 11.9. The number of hydrogen-bond acceptors (Lipinski definition) is 2. The lowest BCUT2D eigenvalue weighted by Crippen LogP contribution is -2.47. The molecular weight excluding hydrogens is 126 g/mol. The molecule has 0 bridgehead atoms. The van der Waals surface area contributed by atoms with Crippen LogP contribution in [0.2, 0.25) is 0 Å². The number of nitrogens with one attached hydrogen (secondary N) is 1. The average molecular weight is 138 g/mol. The summed E-state index contributed by atoms with van der Waals surface area (Å²) in [4.78, 5) is 0. The molecule has 1 aliphatic heterocycles. The lowest BCUT2D eigenvalue weighted by Gasteiger charge is -2.29. The minimum absolute atomic E-state index is 0. The maximum atomic E-state index is 8.83. The van der Waals surface area contributed by atoms with E-state index in [2.05, 4.69) is 5.32 Å². The molecule has 0 radical (unpaired) electrons. The van der Waals surface area contributed by atoms with E-state index in [4.69, 9.17) is 5.11 Å². The maximum Gasteiger partial charge on any atom is 0.0564 e. The molecule has 2 nitrogen and oxygen atoms in total. The topological polar surface area (TPSA) is 32.3 Å². The van der Waals surface area contributed by atoms with Crippen LogP contribution in [0.1, 0.15) is 6.92 Å². The first-order valence-corrected chi connectivity index (χ1v) is 2.69. The molecule has 1 saturated heterocycles. The smallest absolute Gasteiger partial charge is 0.0564 e. The molecule has 2 N–H and O–H groups in total. The van der Waals surface area contributed by atoms with Crippen LogP contribution in [0.3, 0.4) is 0 Å². The molecule has 0 aliphatic carbocycles. The Morgan fingerprint density at radius 1 is 1.62 bits per heavy atom. The third-order valence-corrected chi connectivity index (χ3v) is 1.50. The second-order valence-corrected chi connectivity index (χ2v) is 2.16. The minimum Gasteiger partial charge on any atom is -0.393 e. The van der Waals surface area contributed by atoms with Gasteiger partial charge in [-0.05, 0) is 6.92 Å². The predicted octanol–water partition coefficient (Wildman–Crippen LogP) is 0.00840. The molecule has 0 saturated carbocycles. The summed E-state index contributed by atoms with van der Waals surface area (Å²) in [7, 11) is 0. The highest BCUT2D eigenvalue weighted by molar-refractivity contribution is 5.85. The molecule has 3 heteroatoms. The van der Waals surface area contributed by atoms with Crippen LogP contribution < -0.4 is 5.32 Å². The van der Waals surface area contributed by atoms with E-state index < -0.39 is 0 Å². The van der Waals surface area contributed by atoms with Crippen molar-refractivity contribution in [1.82, 2.24) is 5.32 Å². The van der Waals surface area contributed by atoms with Gasteiger partial charge in [0.2, 0.25) is 0 Å². The highest BCUT2D eigenvalue weighted by Crippen LogP contribution is 2.06. The Labute approximate surface area is 55.7 Å². The second-order valence-electron chi connectivity index (χ2n) is 2.16. The van der Waals surface area contributed by atoms with Gasteiger partial charge >= 0.3 is 0 Å². The van der Waals surface area contributed by atoms with E-state index in [1.54, 1.807) is 0 Å². The van der Waals surface area contributed by atoms with E-state index >= 15 is 0 Å². The SMILES string of the molecule is CC(O)C1CNC1.Cl. The molecule has 50 valence electrons. The lowest BCUT2D eigenvalue weighted by molar-refractivity contribution is 0.0928. The van der Waals surface area contributed by atoms with Crippen molar-refractivity contribution in [1.29, 1.82) is 0 Å². The molecule has 1 fully saturated rings. The molecule has 8 heavy (non-hydrogen) atoms. The van der Waals surface area contributed by atoms with Gasteiger partial charge in [-0.15, -0.1) is 12.4 Å². The van der Waals surface area contributed by atoms with E-state index in [9.17, 15) is 0 Å². The van der Waals surface area contributed by atoms with Crippen LogP contribution in [0, 0.1) is 5.92 Å². The summed E-state index contributed by atoms with van der Waals surface area (Å²) in [5.41, 5.74) is 0. The quantitative estimate of drug-likeness (QED) is 0.534. The van der Waals surface area contributed by atoms with Crippen molar-refractivity contribution in [2.75, 3.05) is 13.1 Å². The highest BCUT2D eigenvalue weighted by atomic mass is 35.5. The fourth-order valence-corrected chi connectivity index (χ4v) is 0.652. The summed E-state index contributed by atoms with van der Waals surface area (Å²) in [5.74, 6) is 0.528. The first-order chi connectivity index (χ1) is 3.30. The Balaban J connectivity index is 0.000000490. The summed E-state index contributed by atoms with van der Waals surface area (Å²) in [6, 6.07) is 0. The standard InChI is InChI=1S/C5H11NO.ClH/c1-4(7)5-2-6-3-5;/h4-7H,2-3H2,1H3;1H. The van der Waals surface area contributed by atoms with Gasteiger partial charge in [-0.25, -0.2) is 0 Å². The van der Waals surface area contributed by atoms with Gasteiger partial charge in [0.25, 0.3) is 0 Å².